The number of rotatable bonds is 6. The number of thioether (sulfide) groups is 1. The molecule has 3 rings (SSSR count). The molecule has 0 N–H and O–H groups in total. The first-order valence-electron chi connectivity index (χ1n) is 9.09. The van der Waals surface area contributed by atoms with Gasteiger partial charge in [-0.3, -0.25) is 9.89 Å². The van der Waals surface area contributed by atoms with Gasteiger partial charge in [-0.2, -0.15) is 0 Å². The fourth-order valence-electron chi connectivity index (χ4n) is 3.57. The van der Waals surface area contributed by atoms with E-state index in [0.29, 0.717) is 6.04 Å². The molecular formula is C19H29N3OS. The number of methoxy groups -OCH3 is 1. The van der Waals surface area contributed by atoms with E-state index >= 15 is 0 Å². The minimum Gasteiger partial charge on any atom is -0.497 e. The number of nitrogens with zero attached hydrogens (tertiary/aromatic N) is 3. The maximum Gasteiger partial charge on any atom is 0.159 e. The van der Waals surface area contributed by atoms with Gasteiger partial charge >= 0.3 is 0 Å². The normalized spacial score (nSPS) is 21.6. The lowest BCUT2D eigenvalue weighted by molar-refractivity contribution is 0.221. The number of likely N-dealkylation sites (N-methyl/N-ethyl adjacent to an activating group) is 1. The minimum atomic E-state index is 0.665. The number of ether oxygens (including phenoxy) is 1. The van der Waals surface area contributed by atoms with Crippen molar-refractivity contribution in [2.75, 3.05) is 39.0 Å². The van der Waals surface area contributed by atoms with E-state index in [9.17, 15) is 0 Å². The largest absolute Gasteiger partial charge is 0.497 e. The SMILES string of the molecule is CCN1CCCC1CN(Cc1ccc(OC)cc1)C1=NCCCS1. The molecule has 0 amide bonds. The minimum absolute atomic E-state index is 0.665. The van der Waals surface area contributed by atoms with E-state index in [2.05, 4.69) is 41.0 Å². The summed E-state index contributed by atoms with van der Waals surface area (Å²) in [5, 5.41) is 1.24. The molecule has 1 unspecified atom stereocenters. The van der Waals surface area contributed by atoms with Crippen molar-refractivity contribution in [3.05, 3.63) is 29.8 Å². The van der Waals surface area contributed by atoms with Crippen LogP contribution in [0.1, 0.15) is 31.7 Å². The van der Waals surface area contributed by atoms with Crippen molar-refractivity contribution in [1.82, 2.24) is 9.80 Å². The second-order valence-electron chi connectivity index (χ2n) is 6.52. The standard InChI is InChI=1S/C19H29N3OS/c1-3-21-12-4-6-17(21)15-22(19-20-11-5-13-24-19)14-16-7-9-18(23-2)10-8-16/h7-10,17H,3-6,11-15H2,1-2H3. The molecule has 2 aliphatic rings. The first-order chi connectivity index (χ1) is 11.8. The van der Waals surface area contributed by atoms with Crippen LogP contribution in [0.3, 0.4) is 0 Å². The van der Waals surface area contributed by atoms with Crippen LogP contribution in [-0.4, -0.2) is 60.1 Å². The van der Waals surface area contributed by atoms with Gasteiger partial charge in [-0.1, -0.05) is 30.8 Å². The zero-order valence-corrected chi connectivity index (χ0v) is 15.7. The molecule has 2 heterocycles. The average Bonchev–Trinajstić information content (AvgIpc) is 3.10. The van der Waals surface area contributed by atoms with Gasteiger partial charge in [0, 0.05) is 31.4 Å². The van der Waals surface area contributed by atoms with Gasteiger partial charge in [-0.05, 0) is 50.0 Å². The Hall–Kier alpha value is -1.20. The van der Waals surface area contributed by atoms with Gasteiger partial charge in [0.1, 0.15) is 5.75 Å². The fourth-order valence-corrected chi connectivity index (χ4v) is 4.53. The second kappa shape index (κ2) is 8.77. The molecule has 1 aromatic rings. The van der Waals surface area contributed by atoms with E-state index in [0.717, 1.165) is 31.9 Å². The summed E-state index contributed by atoms with van der Waals surface area (Å²) in [6, 6.07) is 9.12. The van der Waals surface area contributed by atoms with Crippen LogP contribution in [0, 0.1) is 0 Å². The first-order valence-corrected chi connectivity index (χ1v) is 10.1. The predicted molar refractivity (Wildman–Crippen MR) is 103 cm³/mol. The quantitative estimate of drug-likeness (QED) is 0.788. The zero-order chi connectivity index (χ0) is 16.8. The Labute approximate surface area is 150 Å². The van der Waals surface area contributed by atoms with Crippen molar-refractivity contribution in [2.45, 2.75) is 38.8 Å². The molecular weight excluding hydrogens is 318 g/mol. The predicted octanol–water partition coefficient (Wildman–Crippen LogP) is 3.47. The monoisotopic (exact) mass is 347 g/mol. The summed E-state index contributed by atoms with van der Waals surface area (Å²) in [6.45, 7) is 7.68. The van der Waals surface area contributed by atoms with E-state index < -0.39 is 0 Å². The highest BCUT2D eigenvalue weighted by Gasteiger charge is 2.27. The average molecular weight is 348 g/mol. The van der Waals surface area contributed by atoms with Gasteiger partial charge in [-0.15, -0.1) is 0 Å². The summed E-state index contributed by atoms with van der Waals surface area (Å²) in [6.07, 6.45) is 3.84. The third kappa shape index (κ3) is 4.45. The van der Waals surface area contributed by atoms with E-state index in [1.165, 1.54) is 42.3 Å². The van der Waals surface area contributed by atoms with Crippen molar-refractivity contribution in [3.8, 4) is 5.75 Å². The van der Waals surface area contributed by atoms with Crippen LogP contribution in [0.15, 0.2) is 29.3 Å². The van der Waals surface area contributed by atoms with Crippen molar-refractivity contribution in [1.29, 1.82) is 0 Å². The van der Waals surface area contributed by atoms with Crippen LogP contribution < -0.4 is 4.74 Å². The molecule has 0 aliphatic carbocycles. The maximum atomic E-state index is 5.28. The van der Waals surface area contributed by atoms with E-state index in [-0.39, 0.29) is 0 Å². The van der Waals surface area contributed by atoms with Crippen molar-refractivity contribution < 1.29 is 4.74 Å². The Bertz CT molecular complexity index is 546. The highest BCUT2D eigenvalue weighted by molar-refractivity contribution is 8.13. The van der Waals surface area contributed by atoms with E-state index in [1.54, 1.807) is 7.11 Å². The summed E-state index contributed by atoms with van der Waals surface area (Å²) in [5.41, 5.74) is 1.32. The number of hydrogen-bond acceptors (Lipinski definition) is 5. The molecule has 1 atom stereocenters. The molecule has 0 radical (unpaired) electrons. The van der Waals surface area contributed by atoms with Gasteiger partial charge in [-0.25, -0.2) is 0 Å². The smallest absolute Gasteiger partial charge is 0.159 e. The van der Waals surface area contributed by atoms with Gasteiger partial charge in [0.25, 0.3) is 0 Å². The van der Waals surface area contributed by atoms with Crippen LogP contribution in [-0.2, 0) is 6.54 Å². The number of benzene rings is 1. The summed E-state index contributed by atoms with van der Waals surface area (Å²) in [5.74, 6) is 2.11. The van der Waals surface area contributed by atoms with Crippen LogP contribution >= 0.6 is 11.8 Å². The van der Waals surface area contributed by atoms with Gasteiger partial charge in [0.05, 0.1) is 7.11 Å². The van der Waals surface area contributed by atoms with Gasteiger partial charge in [0.2, 0.25) is 0 Å². The summed E-state index contributed by atoms with van der Waals surface area (Å²) in [4.78, 5) is 9.94. The Balaban J connectivity index is 1.72. The molecule has 1 saturated heterocycles. The first kappa shape index (κ1) is 17.6. The Morgan fingerprint density at radius 2 is 2.12 bits per heavy atom. The number of likely N-dealkylation sites (tertiary alicyclic amines) is 1. The molecule has 0 saturated carbocycles. The molecule has 1 fully saturated rings. The molecule has 0 bridgehead atoms. The fraction of sp³-hybridized carbons (Fsp3) is 0.632. The molecule has 4 nitrogen and oxygen atoms in total. The molecule has 132 valence electrons. The zero-order valence-electron chi connectivity index (χ0n) is 14.9. The Kier molecular flexibility index (Phi) is 6.44. The highest BCUT2D eigenvalue weighted by Crippen LogP contribution is 2.24. The molecule has 0 spiro atoms. The van der Waals surface area contributed by atoms with Crippen LogP contribution in [0.25, 0.3) is 0 Å². The maximum absolute atomic E-state index is 5.28. The van der Waals surface area contributed by atoms with Crippen LogP contribution in [0.2, 0.25) is 0 Å². The number of aliphatic imine (C=N–C) groups is 1. The van der Waals surface area contributed by atoms with Crippen molar-refractivity contribution in [3.63, 3.8) is 0 Å². The lowest BCUT2D eigenvalue weighted by atomic mass is 10.1. The third-order valence-electron chi connectivity index (χ3n) is 4.92. The third-order valence-corrected chi connectivity index (χ3v) is 6.06. The summed E-state index contributed by atoms with van der Waals surface area (Å²) >= 11 is 1.92. The van der Waals surface area contributed by atoms with Crippen LogP contribution in [0.4, 0.5) is 0 Å². The summed E-state index contributed by atoms with van der Waals surface area (Å²) in [7, 11) is 1.72. The number of hydrogen-bond donors (Lipinski definition) is 0. The van der Waals surface area contributed by atoms with Gasteiger partial charge in [0.15, 0.2) is 5.17 Å². The van der Waals surface area contributed by atoms with E-state index in [1.807, 2.05) is 11.8 Å². The topological polar surface area (TPSA) is 28.1 Å². The summed E-state index contributed by atoms with van der Waals surface area (Å²) < 4.78 is 5.28. The highest BCUT2D eigenvalue weighted by atomic mass is 32.2. The molecule has 24 heavy (non-hydrogen) atoms. The Morgan fingerprint density at radius 3 is 2.79 bits per heavy atom. The lowest BCUT2D eigenvalue weighted by Crippen LogP contribution is -2.42. The Morgan fingerprint density at radius 1 is 1.29 bits per heavy atom. The number of amidine groups is 1. The molecule has 2 aliphatic heterocycles. The van der Waals surface area contributed by atoms with E-state index in [4.69, 9.17) is 9.73 Å². The molecule has 5 heteroatoms. The van der Waals surface area contributed by atoms with Crippen LogP contribution in [0.5, 0.6) is 5.75 Å². The molecule has 1 aromatic carbocycles. The van der Waals surface area contributed by atoms with Gasteiger partial charge < -0.3 is 9.64 Å². The lowest BCUT2D eigenvalue weighted by Gasteiger charge is -2.33. The second-order valence-corrected chi connectivity index (χ2v) is 7.58. The van der Waals surface area contributed by atoms with Crippen molar-refractivity contribution >= 4 is 16.9 Å². The molecule has 0 aromatic heterocycles. The van der Waals surface area contributed by atoms with Crippen molar-refractivity contribution in [2.24, 2.45) is 4.99 Å².